The lowest BCUT2D eigenvalue weighted by Crippen LogP contribution is -2.28. The van der Waals surface area contributed by atoms with Gasteiger partial charge in [-0.1, -0.05) is 25.6 Å². The molecule has 4 nitrogen and oxygen atoms in total. The molecule has 0 aromatic carbocycles. The van der Waals surface area contributed by atoms with Crippen LogP contribution in [0.2, 0.25) is 19.6 Å². The van der Waals surface area contributed by atoms with Crippen LogP contribution in [0.25, 0.3) is 0 Å². The van der Waals surface area contributed by atoms with E-state index < -0.39 is 20.1 Å². The predicted molar refractivity (Wildman–Crippen MR) is 70.7 cm³/mol. The molecule has 5 heteroatoms. The molecule has 0 saturated heterocycles. The first-order chi connectivity index (χ1) is 7.78. The average Bonchev–Trinajstić information content (AvgIpc) is 2.15. The zero-order chi connectivity index (χ0) is 13.5. The van der Waals surface area contributed by atoms with Crippen LogP contribution in [-0.2, 0) is 14.3 Å². The fourth-order valence-corrected chi connectivity index (χ4v) is 1.41. The van der Waals surface area contributed by atoms with Gasteiger partial charge in [0.1, 0.15) is 8.07 Å². The Labute approximate surface area is 103 Å². The molecule has 94 valence electrons. The highest BCUT2D eigenvalue weighted by molar-refractivity contribution is 6.84. The Morgan fingerprint density at radius 3 is 2.41 bits per heavy atom. The summed E-state index contributed by atoms with van der Waals surface area (Å²) in [7, 11) is -1.45. The smallest absolute Gasteiger partial charge is 0.338 e. The number of esters is 1. The highest BCUT2D eigenvalue weighted by Gasteiger charge is 2.22. The number of aliphatic imine (C=N–C) groups is 1. The molecule has 0 aromatic heterocycles. The number of ketones is 1. The standard InChI is InChI=1S/C12H19NO3Si/c1-6-16-12(15)11(10(2)14)13-8-7-9-17(3,4)5/h8,11H,6H2,1-5H3. The number of carbonyl (C=O) groups is 2. The summed E-state index contributed by atoms with van der Waals surface area (Å²) in [6.45, 7) is 9.53. The summed E-state index contributed by atoms with van der Waals surface area (Å²) >= 11 is 0. The van der Waals surface area contributed by atoms with E-state index in [2.05, 4.69) is 36.1 Å². The average molecular weight is 253 g/mol. The van der Waals surface area contributed by atoms with E-state index in [9.17, 15) is 9.59 Å². The third kappa shape index (κ3) is 7.47. The molecule has 0 aliphatic carbocycles. The lowest BCUT2D eigenvalue weighted by atomic mass is 10.2. The zero-order valence-electron chi connectivity index (χ0n) is 11.0. The molecule has 0 radical (unpaired) electrons. The summed E-state index contributed by atoms with van der Waals surface area (Å²) in [5, 5.41) is 0. The number of Topliss-reactive ketones (excluding diaryl/α,β-unsaturated/α-hetero) is 1. The summed E-state index contributed by atoms with van der Waals surface area (Å²) in [6.07, 6.45) is 1.32. The second kappa shape index (κ2) is 7.02. The first kappa shape index (κ1) is 15.6. The molecular weight excluding hydrogens is 234 g/mol. The van der Waals surface area contributed by atoms with Crippen LogP contribution in [0.3, 0.4) is 0 Å². The van der Waals surface area contributed by atoms with Gasteiger partial charge in [0.15, 0.2) is 5.78 Å². The molecule has 0 aromatic rings. The van der Waals surface area contributed by atoms with Crippen molar-refractivity contribution in [1.29, 1.82) is 0 Å². The molecule has 0 fully saturated rings. The first-order valence-electron chi connectivity index (χ1n) is 5.49. The Kier molecular flexibility index (Phi) is 6.44. The van der Waals surface area contributed by atoms with Gasteiger partial charge in [-0.15, -0.1) is 5.54 Å². The van der Waals surface area contributed by atoms with Crippen LogP contribution in [-0.4, -0.2) is 38.7 Å². The molecular formula is C12H19NO3Si. The van der Waals surface area contributed by atoms with E-state index >= 15 is 0 Å². The lowest BCUT2D eigenvalue weighted by molar-refractivity contribution is -0.146. The van der Waals surface area contributed by atoms with Gasteiger partial charge in [-0.25, -0.2) is 4.79 Å². The van der Waals surface area contributed by atoms with Gasteiger partial charge in [-0.2, -0.15) is 0 Å². The molecule has 0 aliphatic heterocycles. The fourth-order valence-electron chi connectivity index (χ4n) is 0.914. The summed E-state index contributed by atoms with van der Waals surface area (Å²) in [5.74, 6) is 1.81. The summed E-state index contributed by atoms with van der Waals surface area (Å²) in [6, 6.07) is -1.08. The highest BCUT2D eigenvalue weighted by Crippen LogP contribution is 1.98. The van der Waals surface area contributed by atoms with Crippen LogP contribution in [0, 0.1) is 11.5 Å². The van der Waals surface area contributed by atoms with Crippen LogP contribution in [0.1, 0.15) is 13.8 Å². The first-order valence-corrected chi connectivity index (χ1v) is 8.99. The summed E-state index contributed by atoms with van der Waals surface area (Å²) < 4.78 is 4.75. The number of ether oxygens (including phenoxy) is 1. The van der Waals surface area contributed by atoms with E-state index in [1.165, 1.54) is 13.1 Å². The van der Waals surface area contributed by atoms with Crippen LogP contribution >= 0.6 is 0 Å². The number of hydrogen-bond donors (Lipinski definition) is 0. The molecule has 0 amide bonds. The lowest BCUT2D eigenvalue weighted by Gasteiger charge is -2.06. The molecule has 17 heavy (non-hydrogen) atoms. The topological polar surface area (TPSA) is 55.7 Å². The predicted octanol–water partition coefficient (Wildman–Crippen LogP) is 1.46. The molecule has 1 atom stereocenters. The molecule has 0 saturated carbocycles. The maximum absolute atomic E-state index is 11.4. The van der Waals surface area contributed by atoms with Gasteiger partial charge in [0.25, 0.3) is 0 Å². The Morgan fingerprint density at radius 2 is 2.00 bits per heavy atom. The van der Waals surface area contributed by atoms with Gasteiger partial charge in [-0.3, -0.25) is 9.79 Å². The van der Waals surface area contributed by atoms with Gasteiger partial charge < -0.3 is 4.74 Å². The molecule has 0 spiro atoms. The van der Waals surface area contributed by atoms with Crippen LogP contribution in [0.4, 0.5) is 0 Å². The monoisotopic (exact) mass is 253 g/mol. The SMILES string of the molecule is CCOC(=O)C(N=CC#C[Si](C)(C)C)C(C)=O. The van der Waals surface area contributed by atoms with Crippen LogP contribution in [0.5, 0.6) is 0 Å². The number of carbonyl (C=O) groups excluding carboxylic acids is 2. The summed E-state index contributed by atoms with van der Waals surface area (Å²) in [4.78, 5) is 26.4. The van der Waals surface area contributed by atoms with Crippen molar-refractivity contribution in [2.45, 2.75) is 39.5 Å². The minimum Gasteiger partial charge on any atom is -0.464 e. The van der Waals surface area contributed by atoms with Crippen molar-refractivity contribution >= 4 is 26.0 Å². The Hall–Kier alpha value is -1.41. The minimum absolute atomic E-state index is 0.235. The van der Waals surface area contributed by atoms with E-state index in [1.807, 2.05) is 0 Å². The molecule has 0 rings (SSSR count). The third-order valence-electron chi connectivity index (χ3n) is 1.63. The normalized spacial score (nSPS) is 12.8. The van der Waals surface area contributed by atoms with Gasteiger partial charge in [-0.05, 0) is 13.8 Å². The molecule has 0 heterocycles. The number of rotatable bonds is 4. The van der Waals surface area contributed by atoms with E-state index in [0.29, 0.717) is 0 Å². The van der Waals surface area contributed by atoms with Gasteiger partial charge >= 0.3 is 5.97 Å². The van der Waals surface area contributed by atoms with E-state index in [4.69, 9.17) is 4.74 Å². The van der Waals surface area contributed by atoms with Crippen molar-refractivity contribution < 1.29 is 14.3 Å². The van der Waals surface area contributed by atoms with Crippen molar-refractivity contribution in [3.8, 4) is 11.5 Å². The molecule has 0 bridgehead atoms. The van der Waals surface area contributed by atoms with Crippen LogP contribution in [0.15, 0.2) is 4.99 Å². The number of hydrogen-bond acceptors (Lipinski definition) is 4. The fraction of sp³-hybridized carbons (Fsp3) is 0.583. The maximum atomic E-state index is 11.4. The summed E-state index contributed by atoms with van der Waals surface area (Å²) in [5.41, 5.74) is 3.06. The van der Waals surface area contributed by atoms with E-state index in [1.54, 1.807) is 6.92 Å². The molecule has 0 N–H and O–H groups in total. The van der Waals surface area contributed by atoms with Crippen molar-refractivity contribution in [2.75, 3.05) is 6.61 Å². The van der Waals surface area contributed by atoms with Crippen LogP contribution < -0.4 is 0 Å². The van der Waals surface area contributed by atoms with Crippen molar-refractivity contribution in [2.24, 2.45) is 4.99 Å². The Bertz CT molecular complexity index is 371. The number of nitrogens with zero attached hydrogens (tertiary/aromatic N) is 1. The van der Waals surface area contributed by atoms with Gasteiger partial charge in [0.05, 0.1) is 12.8 Å². The molecule has 0 aliphatic rings. The quantitative estimate of drug-likeness (QED) is 0.250. The second-order valence-corrected chi connectivity index (χ2v) is 9.31. The second-order valence-electron chi connectivity index (χ2n) is 4.56. The molecule has 1 unspecified atom stereocenters. The third-order valence-corrected chi connectivity index (χ3v) is 2.52. The maximum Gasteiger partial charge on any atom is 0.338 e. The van der Waals surface area contributed by atoms with Gasteiger partial charge in [0.2, 0.25) is 6.04 Å². The van der Waals surface area contributed by atoms with Crippen molar-refractivity contribution in [1.82, 2.24) is 0 Å². The van der Waals surface area contributed by atoms with E-state index in [0.717, 1.165) is 0 Å². The zero-order valence-corrected chi connectivity index (χ0v) is 12.0. The van der Waals surface area contributed by atoms with E-state index in [-0.39, 0.29) is 12.4 Å². The minimum atomic E-state index is -1.45. The largest absolute Gasteiger partial charge is 0.464 e. The van der Waals surface area contributed by atoms with Gasteiger partial charge in [0, 0.05) is 0 Å². The Balaban J connectivity index is 4.66. The highest BCUT2D eigenvalue weighted by atomic mass is 28.3. The van der Waals surface area contributed by atoms with Crippen molar-refractivity contribution in [3.05, 3.63) is 0 Å². The van der Waals surface area contributed by atoms with Crippen molar-refractivity contribution in [3.63, 3.8) is 0 Å². The Morgan fingerprint density at radius 1 is 1.41 bits per heavy atom.